The van der Waals surface area contributed by atoms with Gasteiger partial charge in [-0.05, 0) is 18.9 Å². The summed E-state index contributed by atoms with van der Waals surface area (Å²) in [6.45, 7) is 0. The highest BCUT2D eigenvalue weighted by Gasteiger charge is 2.43. The Morgan fingerprint density at radius 1 is 1.33 bits per heavy atom. The number of aliphatic carboxylic acids is 1. The van der Waals surface area contributed by atoms with Gasteiger partial charge in [-0.3, -0.25) is 9.36 Å². The summed E-state index contributed by atoms with van der Waals surface area (Å²) in [5.74, 6) is -0.895. The summed E-state index contributed by atoms with van der Waals surface area (Å²) in [7, 11) is 0. The Morgan fingerprint density at radius 2 is 2.00 bits per heavy atom. The van der Waals surface area contributed by atoms with Gasteiger partial charge in [0.1, 0.15) is 5.54 Å². The van der Waals surface area contributed by atoms with E-state index in [1.54, 1.807) is 18.3 Å². The minimum Gasteiger partial charge on any atom is -0.479 e. The van der Waals surface area contributed by atoms with Crippen molar-refractivity contribution in [3.63, 3.8) is 0 Å². The van der Waals surface area contributed by atoms with Crippen molar-refractivity contribution in [3.8, 4) is 0 Å². The van der Waals surface area contributed by atoms with Crippen LogP contribution in [0, 0.1) is 0 Å². The summed E-state index contributed by atoms with van der Waals surface area (Å²) in [5.41, 5.74) is -1.24. The molecule has 1 fully saturated rings. The van der Waals surface area contributed by atoms with Crippen LogP contribution in [-0.2, 0) is 10.3 Å². The summed E-state index contributed by atoms with van der Waals surface area (Å²) in [5, 5.41) is 9.28. The number of carboxylic acid groups (broad SMARTS) is 1. The van der Waals surface area contributed by atoms with E-state index in [0.717, 1.165) is 12.8 Å². The fourth-order valence-electron chi connectivity index (χ4n) is 2.30. The molecule has 1 N–H and O–H groups in total. The molecule has 0 amide bonds. The van der Waals surface area contributed by atoms with Crippen LogP contribution in [0.15, 0.2) is 29.2 Å². The maximum atomic E-state index is 11.6. The van der Waals surface area contributed by atoms with Gasteiger partial charge < -0.3 is 5.11 Å². The number of rotatable bonds is 2. The van der Waals surface area contributed by atoms with Gasteiger partial charge in [-0.25, -0.2) is 4.79 Å². The van der Waals surface area contributed by atoms with Crippen LogP contribution in [0.1, 0.15) is 25.7 Å². The number of carbonyl (C=O) groups is 1. The molecule has 1 aromatic rings. The summed E-state index contributed by atoms with van der Waals surface area (Å²) >= 11 is 0. The fourth-order valence-corrected chi connectivity index (χ4v) is 2.30. The van der Waals surface area contributed by atoms with Gasteiger partial charge in [-0.1, -0.05) is 18.9 Å². The molecular formula is C11H13NO3. The zero-order chi connectivity index (χ0) is 10.9. The van der Waals surface area contributed by atoms with Crippen molar-refractivity contribution >= 4 is 5.97 Å². The molecule has 0 aliphatic heterocycles. The molecule has 1 aromatic heterocycles. The summed E-state index contributed by atoms with van der Waals surface area (Å²) in [4.78, 5) is 22.9. The van der Waals surface area contributed by atoms with E-state index < -0.39 is 11.5 Å². The van der Waals surface area contributed by atoms with Gasteiger partial charge in [-0.2, -0.15) is 0 Å². The first-order valence-corrected chi connectivity index (χ1v) is 5.08. The molecule has 0 atom stereocenters. The second-order valence-electron chi connectivity index (χ2n) is 3.95. The largest absolute Gasteiger partial charge is 0.479 e. The Morgan fingerprint density at radius 3 is 2.53 bits per heavy atom. The molecule has 1 heterocycles. The van der Waals surface area contributed by atoms with Crippen molar-refractivity contribution in [3.05, 3.63) is 34.7 Å². The topological polar surface area (TPSA) is 59.3 Å². The van der Waals surface area contributed by atoms with Crippen LogP contribution in [0.2, 0.25) is 0 Å². The van der Waals surface area contributed by atoms with E-state index in [1.807, 2.05) is 0 Å². The molecule has 4 nitrogen and oxygen atoms in total. The Bertz CT molecular complexity index is 429. The number of hydrogen-bond donors (Lipinski definition) is 1. The summed E-state index contributed by atoms with van der Waals surface area (Å²) in [6, 6.07) is 4.73. The zero-order valence-corrected chi connectivity index (χ0v) is 8.35. The second kappa shape index (κ2) is 3.53. The average Bonchev–Trinajstić information content (AvgIpc) is 2.68. The molecule has 1 aliphatic rings. The highest BCUT2D eigenvalue weighted by atomic mass is 16.4. The second-order valence-corrected chi connectivity index (χ2v) is 3.95. The van der Waals surface area contributed by atoms with E-state index in [4.69, 9.17) is 0 Å². The van der Waals surface area contributed by atoms with E-state index in [2.05, 4.69) is 0 Å². The Balaban J connectivity index is 2.55. The van der Waals surface area contributed by atoms with Crippen molar-refractivity contribution in [2.24, 2.45) is 0 Å². The first-order chi connectivity index (χ1) is 7.17. The lowest BCUT2D eigenvalue weighted by Gasteiger charge is -2.26. The third kappa shape index (κ3) is 1.46. The van der Waals surface area contributed by atoms with E-state index in [1.165, 1.54) is 10.6 Å². The summed E-state index contributed by atoms with van der Waals surface area (Å²) in [6.07, 6.45) is 4.40. The van der Waals surface area contributed by atoms with Crippen LogP contribution in [0.4, 0.5) is 0 Å². The highest BCUT2D eigenvalue weighted by molar-refractivity contribution is 5.77. The molecule has 0 saturated heterocycles. The minimum absolute atomic E-state index is 0.234. The van der Waals surface area contributed by atoms with Gasteiger partial charge in [0.15, 0.2) is 0 Å². The number of nitrogens with zero attached hydrogens (tertiary/aromatic N) is 1. The van der Waals surface area contributed by atoms with Crippen LogP contribution in [0.25, 0.3) is 0 Å². The molecule has 80 valence electrons. The third-order valence-electron chi connectivity index (χ3n) is 3.11. The van der Waals surface area contributed by atoms with Crippen LogP contribution in [-0.4, -0.2) is 15.6 Å². The van der Waals surface area contributed by atoms with Crippen molar-refractivity contribution < 1.29 is 9.90 Å². The van der Waals surface area contributed by atoms with Crippen molar-refractivity contribution in [2.75, 3.05) is 0 Å². The molecule has 0 aromatic carbocycles. The van der Waals surface area contributed by atoms with E-state index >= 15 is 0 Å². The summed E-state index contributed by atoms with van der Waals surface area (Å²) < 4.78 is 1.36. The van der Waals surface area contributed by atoms with E-state index in [9.17, 15) is 14.7 Å². The highest BCUT2D eigenvalue weighted by Crippen LogP contribution is 2.35. The first kappa shape index (κ1) is 9.96. The number of aromatic nitrogens is 1. The molecule has 4 heteroatoms. The Kier molecular flexibility index (Phi) is 2.34. The van der Waals surface area contributed by atoms with Gasteiger partial charge in [-0.15, -0.1) is 0 Å². The van der Waals surface area contributed by atoms with Crippen LogP contribution < -0.4 is 5.56 Å². The lowest BCUT2D eigenvalue weighted by atomic mass is 9.97. The molecule has 2 rings (SSSR count). The lowest BCUT2D eigenvalue weighted by molar-refractivity contribution is -0.147. The molecule has 1 aliphatic carbocycles. The van der Waals surface area contributed by atoms with Crippen molar-refractivity contribution in [1.29, 1.82) is 0 Å². The molecule has 0 unspecified atom stereocenters. The van der Waals surface area contributed by atoms with Crippen molar-refractivity contribution in [1.82, 2.24) is 4.57 Å². The lowest BCUT2D eigenvalue weighted by Crippen LogP contribution is -2.44. The van der Waals surface area contributed by atoms with Gasteiger partial charge in [0.05, 0.1) is 0 Å². The zero-order valence-electron chi connectivity index (χ0n) is 8.35. The minimum atomic E-state index is -1.00. The third-order valence-corrected chi connectivity index (χ3v) is 3.11. The quantitative estimate of drug-likeness (QED) is 0.792. The predicted molar refractivity (Wildman–Crippen MR) is 54.8 cm³/mol. The Hall–Kier alpha value is -1.58. The fraction of sp³-hybridized carbons (Fsp3) is 0.455. The molecular weight excluding hydrogens is 194 g/mol. The predicted octanol–water partition coefficient (Wildman–Crippen LogP) is 1.20. The van der Waals surface area contributed by atoms with Crippen LogP contribution in [0.5, 0.6) is 0 Å². The molecule has 0 bridgehead atoms. The molecule has 0 radical (unpaired) electrons. The standard InChI is InChI=1S/C11H13NO3/c13-9-5-1-4-8-12(9)11(10(14)15)6-2-3-7-11/h1,4-5,8H,2-3,6-7H2,(H,14,15). The van der Waals surface area contributed by atoms with Gasteiger partial charge in [0.25, 0.3) is 5.56 Å². The smallest absolute Gasteiger partial charge is 0.329 e. The molecule has 15 heavy (non-hydrogen) atoms. The molecule has 0 spiro atoms. The SMILES string of the molecule is O=C(O)C1(n2ccccc2=O)CCCC1. The van der Waals surface area contributed by atoms with Crippen LogP contribution >= 0.6 is 0 Å². The maximum Gasteiger partial charge on any atom is 0.329 e. The number of carboxylic acids is 1. The number of pyridine rings is 1. The van der Waals surface area contributed by atoms with Gasteiger partial charge in [0.2, 0.25) is 0 Å². The monoisotopic (exact) mass is 207 g/mol. The Labute approximate surface area is 87.2 Å². The maximum absolute atomic E-state index is 11.6. The average molecular weight is 207 g/mol. The first-order valence-electron chi connectivity index (χ1n) is 5.08. The molecule has 1 saturated carbocycles. The van der Waals surface area contributed by atoms with Crippen molar-refractivity contribution in [2.45, 2.75) is 31.2 Å². The normalized spacial score (nSPS) is 18.9. The number of hydrogen-bond acceptors (Lipinski definition) is 2. The van der Waals surface area contributed by atoms with Gasteiger partial charge in [0, 0.05) is 12.3 Å². The van der Waals surface area contributed by atoms with Gasteiger partial charge >= 0.3 is 5.97 Å². The van der Waals surface area contributed by atoms with E-state index in [0.29, 0.717) is 12.8 Å². The van der Waals surface area contributed by atoms with Crippen LogP contribution in [0.3, 0.4) is 0 Å². The van der Waals surface area contributed by atoms with E-state index in [-0.39, 0.29) is 5.56 Å².